The van der Waals surface area contributed by atoms with Crippen molar-refractivity contribution in [1.29, 1.82) is 0 Å². The van der Waals surface area contributed by atoms with E-state index in [1.807, 2.05) is 31.3 Å². The Labute approximate surface area is 107 Å². The third kappa shape index (κ3) is 4.27. The quantitative estimate of drug-likeness (QED) is 0.326. The first-order valence-electron chi connectivity index (χ1n) is 5.62. The zero-order chi connectivity index (χ0) is 12.7. The van der Waals surface area contributed by atoms with Crippen molar-refractivity contribution in [2.24, 2.45) is 5.11 Å². The van der Waals surface area contributed by atoms with Gasteiger partial charge >= 0.3 is 0 Å². The van der Waals surface area contributed by atoms with E-state index >= 15 is 0 Å². The highest BCUT2D eigenvalue weighted by atomic mass is 35.5. The molecule has 0 amide bonds. The molecule has 1 aromatic rings. The van der Waals surface area contributed by atoms with Gasteiger partial charge in [-0.25, -0.2) is 0 Å². The molecule has 0 saturated carbocycles. The van der Waals surface area contributed by atoms with Gasteiger partial charge in [0.25, 0.3) is 0 Å². The molecule has 0 spiro atoms. The van der Waals surface area contributed by atoms with E-state index < -0.39 is 0 Å². The van der Waals surface area contributed by atoms with Crippen LogP contribution in [0.15, 0.2) is 29.4 Å². The third-order valence-electron chi connectivity index (χ3n) is 2.85. The molecule has 0 saturated heterocycles. The second-order valence-corrected chi connectivity index (χ2v) is 4.39. The molecule has 0 N–H and O–H groups in total. The van der Waals surface area contributed by atoms with Crippen LogP contribution in [0.2, 0.25) is 5.02 Å². The number of benzene rings is 1. The SMILES string of the molecule is CC(c1ccccc1Cl)N(C)CCCN=[N+]=[N-]. The highest BCUT2D eigenvalue weighted by molar-refractivity contribution is 6.31. The molecule has 4 nitrogen and oxygen atoms in total. The maximum absolute atomic E-state index is 8.18. The lowest BCUT2D eigenvalue weighted by Crippen LogP contribution is -2.24. The summed E-state index contributed by atoms with van der Waals surface area (Å²) in [5, 5.41) is 4.31. The molecule has 1 aromatic carbocycles. The van der Waals surface area contributed by atoms with Gasteiger partial charge < -0.3 is 0 Å². The Balaban J connectivity index is 2.54. The standard InChI is InChI=1S/C12H17ClN4/c1-10(11-6-3-4-7-12(11)13)17(2)9-5-8-15-16-14/h3-4,6-7,10H,5,8-9H2,1-2H3. The Bertz CT molecular complexity index is 401. The number of hydrogen-bond donors (Lipinski definition) is 0. The molecule has 0 fully saturated rings. The number of halogens is 1. The first kappa shape index (κ1) is 13.8. The molecule has 92 valence electrons. The zero-order valence-corrected chi connectivity index (χ0v) is 10.9. The van der Waals surface area contributed by atoms with E-state index in [1.165, 1.54) is 0 Å². The van der Waals surface area contributed by atoms with Crippen molar-refractivity contribution in [2.75, 3.05) is 20.1 Å². The lowest BCUT2D eigenvalue weighted by Gasteiger charge is -2.25. The zero-order valence-electron chi connectivity index (χ0n) is 10.2. The minimum absolute atomic E-state index is 0.259. The van der Waals surface area contributed by atoms with Crippen molar-refractivity contribution in [2.45, 2.75) is 19.4 Å². The Morgan fingerprint density at radius 1 is 1.47 bits per heavy atom. The smallest absolute Gasteiger partial charge is 0.0453 e. The van der Waals surface area contributed by atoms with Gasteiger partial charge in [-0.2, -0.15) is 0 Å². The minimum Gasteiger partial charge on any atom is -0.300 e. The van der Waals surface area contributed by atoms with E-state index in [2.05, 4.69) is 21.8 Å². The Hall–Kier alpha value is -1.22. The van der Waals surface area contributed by atoms with E-state index in [0.29, 0.717) is 6.54 Å². The molecule has 0 aliphatic rings. The first-order chi connectivity index (χ1) is 8.16. The number of azide groups is 1. The molecule has 0 aliphatic carbocycles. The number of rotatable bonds is 6. The Kier molecular flexibility index (Phi) is 5.84. The van der Waals surface area contributed by atoms with Gasteiger partial charge in [0.2, 0.25) is 0 Å². The van der Waals surface area contributed by atoms with E-state index in [4.69, 9.17) is 17.1 Å². The molecule has 0 bridgehead atoms. The van der Waals surface area contributed by atoms with Crippen LogP contribution < -0.4 is 0 Å². The van der Waals surface area contributed by atoms with Crippen molar-refractivity contribution < 1.29 is 0 Å². The molecular weight excluding hydrogens is 236 g/mol. The summed E-state index contributed by atoms with van der Waals surface area (Å²) >= 11 is 6.15. The maximum Gasteiger partial charge on any atom is 0.0453 e. The summed E-state index contributed by atoms with van der Waals surface area (Å²) < 4.78 is 0. The van der Waals surface area contributed by atoms with Gasteiger partial charge in [0.05, 0.1) is 0 Å². The maximum atomic E-state index is 8.18. The fourth-order valence-electron chi connectivity index (χ4n) is 1.68. The normalized spacial score (nSPS) is 12.2. The van der Waals surface area contributed by atoms with Crippen LogP contribution in [0.25, 0.3) is 10.4 Å². The average Bonchev–Trinajstić information content (AvgIpc) is 2.34. The second-order valence-electron chi connectivity index (χ2n) is 3.99. The van der Waals surface area contributed by atoms with Crippen LogP contribution in [0.1, 0.15) is 24.9 Å². The van der Waals surface area contributed by atoms with Gasteiger partial charge in [0.15, 0.2) is 0 Å². The van der Waals surface area contributed by atoms with E-state index in [-0.39, 0.29) is 6.04 Å². The molecule has 0 aromatic heterocycles. The lowest BCUT2D eigenvalue weighted by molar-refractivity contribution is 0.260. The molecule has 17 heavy (non-hydrogen) atoms. The monoisotopic (exact) mass is 252 g/mol. The van der Waals surface area contributed by atoms with E-state index in [0.717, 1.165) is 23.6 Å². The molecule has 1 atom stereocenters. The predicted octanol–water partition coefficient (Wildman–Crippen LogP) is 4.03. The first-order valence-corrected chi connectivity index (χ1v) is 6.00. The minimum atomic E-state index is 0.259. The molecular formula is C12H17ClN4. The van der Waals surface area contributed by atoms with Crippen LogP contribution in [0.3, 0.4) is 0 Å². The molecule has 1 unspecified atom stereocenters. The number of hydrogen-bond acceptors (Lipinski definition) is 2. The summed E-state index contributed by atoms with van der Waals surface area (Å²) in [5.74, 6) is 0. The summed E-state index contributed by atoms with van der Waals surface area (Å²) in [7, 11) is 2.05. The molecule has 0 heterocycles. The van der Waals surface area contributed by atoms with E-state index in [1.54, 1.807) is 0 Å². The fraction of sp³-hybridized carbons (Fsp3) is 0.500. The predicted molar refractivity (Wildman–Crippen MR) is 71.1 cm³/mol. The van der Waals surface area contributed by atoms with Crippen molar-refractivity contribution in [3.63, 3.8) is 0 Å². The summed E-state index contributed by atoms with van der Waals surface area (Å²) in [6.45, 7) is 3.54. The molecule has 5 heteroatoms. The Morgan fingerprint density at radius 3 is 2.82 bits per heavy atom. The summed E-state index contributed by atoms with van der Waals surface area (Å²) in [6.07, 6.45) is 0.857. The summed E-state index contributed by atoms with van der Waals surface area (Å²) in [4.78, 5) is 4.94. The lowest BCUT2D eigenvalue weighted by atomic mass is 10.1. The third-order valence-corrected chi connectivity index (χ3v) is 3.19. The topological polar surface area (TPSA) is 52.0 Å². The van der Waals surface area contributed by atoms with Crippen molar-refractivity contribution in [3.8, 4) is 0 Å². The largest absolute Gasteiger partial charge is 0.300 e. The second kappa shape index (κ2) is 7.17. The average molecular weight is 253 g/mol. The van der Waals surface area contributed by atoms with Crippen molar-refractivity contribution in [3.05, 3.63) is 45.3 Å². The van der Waals surface area contributed by atoms with Crippen LogP contribution in [0.5, 0.6) is 0 Å². The van der Waals surface area contributed by atoms with E-state index in [9.17, 15) is 0 Å². The number of nitrogens with zero attached hydrogens (tertiary/aromatic N) is 4. The molecule has 0 radical (unpaired) electrons. The van der Waals surface area contributed by atoms with Gasteiger partial charge in [-0.1, -0.05) is 34.9 Å². The van der Waals surface area contributed by atoms with Crippen LogP contribution in [-0.2, 0) is 0 Å². The summed E-state index contributed by atoms with van der Waals surface area (Å²) in [6, 6.07) is 8.12. The van der Waals surface area contributed by atoms with Crippen molar-refractivity contribution >= 4 is 11.6 Å². The van der Waals surface area contributed by atoms with Gasteiger partial charge in [-0.05, 0) is 44.1 Å². The highest BCUT2D eigenvalue weighted by Gasteiger charge is 2.13. The Morgan fingerprint density at radius 2 is 2.18 bits per heavy atom. The summed E-state index contributed by atoms with van der Waals surface area (Å²) in [5.41, 5.74) is 9.31. The van der Waals surface area contributed by atoms with Crippen LogP contribution in [-0.4, -0.2) is 25.0 Å². The van der Waals surface area contributed by atoms with Crippen LogP contribution >= 0.6 is 11.6 Å². The van der Waals surface area contributed by atoms with Crippen molar-refractivity contribution in [1.82, 2.24) is 4.90 Å². The highest BCUT2D eigenvalue weighted by Crippen LogP contribution is 2.25. The van der Waals surface area contributed by atoms with Gasteiger partial charge in [-0.15, -0.1) is 0 Å². The van der Waals surface area contributed by atoms with Gasteiger partial charge in [-0.3, -0.25) is 4.90 Å². The fourth-order valence-corrected chi connectivity index (χ4v) is 1.97. The molecule has 1 rings (SSSR count). The van der Waals surface area contributed by atoms with Gasteiger partial charge in [0.1, 0.15) is 0 Å². The van der Waals surface area contributed by atoms with Gasteiger partial charge in [0, 0.05) is 22.5 Å². The molecule has 0 aliphatic heterocycles. The van der Waals surface area contributed by atoms with Crippen LogP contribution in [0, 0.1) is 0 Å². The van der Waals surface area contributed by atoms with Crippen LogP contribution in [0.4, 0.5) is 0 Å².